The minimum atomic E-state index is -1.00. The minimum Gasteiger partial charge on any atom is -0.486 e. The van der Waals surface area contributed by atoms with Crippen LogP contribution in [-0.2, 0) is 0 Å². The number of thiophene rings is 1. The molecule has 0 saturated heterocycles. The summed E-state index contributed by atoms with van der Waals surface area (Å²) in [7, 11) is 0. The highest BCUT2D eigenvalue weighted by atomic mass is 32.1. The highest BCUT2D eigenvalue weighted by Crippen LogP contribution is 2.39. The Morgan fingerprint density at radius 2 is 2.05 bits per heavy atom. The Morgan fingerprint density at radius 1 is 1.26 bits per heavy atom. The third-order valence-corrected chi connectivity index (χ3v) is 3.98. The van der Waals surface area contributed by atoms with Crippen molar-refractivity contribution in [3.63, 3.8) is 0 Å². The first-order chi connectivity index (χ1) is 9.15. The van der Waals surface area contributed by atoms with Gasteiger partial charge in [0.15, 0.2) is 11.5 Å². The van der Waals surface area contributed by atoms with Crippen molar-refractivity contribution in [3.8, 4) is 21.9 Å². The van der Waals surface area contributed by atoms with Crippen LogP contribution in [-0.4, -0.2) is 24.3 Å². The highest BCUT2D eigenvalue weighted by Gasteiger charge is 2.22. The first-order valence-electron chi connectivity index (χ1n) is 5.87. The van der Waals surface area contributed by atoms with Crippen LogP contribution in [0.3, 0.4) is 0 Å². The summed E-state index contributed by atoms with van der Waals surface area (Å²) in [6, 6.07) is 5.51. The number of ether oxygens (including phenoxy) is 2. The minimum absolute atomic E-state index is 0.151. The summed E-state index contributed by atoms with van der Waals surface area (Å²) >= 11 is 1.58. The van der Waals surface area contributed by atoms with Gasteiger partial charge in [0.1, 0.15) is 18.8 Å². The van der Waals surface area contributed by atoms with Crippen LogP contribution in [0.5, 0.6) is 11.5 Å². The Bertz CT molecular complexity index is 645. The molecule has 1 aliphatic rings. The van der Waals surface area contributed by atoms with Crippen LogP contribution < -0.4 is 9.47 Å². The van der Waals surface area contributed by atoms with E-state index < -0.39 is 5.97 Å². The van der Waals surface area contributed by atoms with Crippen LogP contribution in [0.15, 0.2) is 23.6 Å². The standard InChI is InChI=1S/C14H12O4S/c1-8-4-12(19-7-8)9-5-10(14(15)16)13-11(6-9)17-2-3-18-13/h4-7H,2-3H2,1H3,(H,15,16). The van der Waals surface area contributed by atoms with Gasteiger partial charge in [-0.3, -0.25) is 0 Å². The lowest BCUT2D eigenvalue weighted by molar-refractivity contribution is 0.0686. The first kappa shape index (κ1) is 12.0. The lowest BCUT2D eigenvalue weighted by atomic mass is 10.1. The van der Waals surface area contributed by atoms with Gasteiger partial charge in [0, 0.05) is 4.88 Å². The van der Waals surface area contributed by atoms with Crippen molar-refractivity contribution >= 4 is 17.3 Å². The molecule has 0 fully saturated rings. The van der Waals surface area contributed by atoms with E-state index in [1.165, 1.54) is 0 Å². The Labute approximate surface area is 114 Å². The molecule has 0 aliphatic carbocycles. The first-order valence-corrected chi connectivity index (χ1v) is 6.75. The highest BCUT2D eigenvalue weighted by molar-refractivity contribution is 7.13. The van der Waals surface area contributed by atoms with E-state index in [9.17, 15) is 9.90 Å². The van der Waals surface area contributed by atoms with Crippen LogP contribution in [0, 0.1) is 6.92 Å². The van der Waals surface area contributed by atoms with Gasteiger partial charge in [-0.2, -0.15) is 0 Å². The van der Waals surface area contributed by atoms with Gasteiger partial charge in [0.05, 0.1) is 0 Å². The summed E-state index contributed by atoms with van der Waals surface area (Å²) in [5, 5.41) is 11.3. The van der Waals surface area contributed by atoms with E-state index in [0.717, 1.165) is 16.0 Å². The third-order valence-electron chi connectivity index (χ3n) is 2.89. The largest absolute Gasteiger partial charge is 0.486 e. The van der Waals surface area contributed by atoms with Gasteiger partial charge in [-0.1, -0.05) is 0 Å². The zero-order valence-electron chi connectivity index (χ0n) is 10.3. The maximum atomic E-state index is 11.3. The van der Waals surface area contributed by atoms with Crippen LogP contribution >= 0.6 is 11.3 Å². The monoisotopic (exact) mass is 276 g/mol. The number of carboxylic acids is 1. The maximum absolute atomic E-state index is 11.3. The summed E-state index contributed by atoms with van der Waals surface area (Å²) in [6.07, 6.45) is 0. The van der Waals surface area contributed by atoms with E-state index in [4.69, 9.17) is 9.47 Å². The van der Waals surface area contributed by atoms with E-state index >= 15 is 0 Å². The fourth-order valence-corrected chi connectivity index (χ4v) is 2.93. The molecule has 98 valence electrons. The summed E-state index contributed by atoms with van der Waals surface area (Å²) in [5.74, 6) is -0.167. The average Bonchev–Trinajstić information content (AvgIpc) is 2.84. The number of benzene rings is 1. The van der Waals surface area contributed by atoms with E-state index in [-0.39, 0.29) is 5.56 Å². The van der Waals surface area contributed by atoms with Crippen LogP contribution in [0.25, 0.3) is 10.4 Å². The molecule has 1 aromatic carbocycles. The number of aryl methyl sites for hydroxylation is 1. The molecule has 0 spiro atoms. The van der Waals surface area contributed by atoms with Crippen LogP contribution in [0.1, 0.15) is 15.9 Å². The zero-order chi connectivity index (χ0) is 13.4. The van der Waals surface area contributed by atoms with Gasteiger partial charge in [-0.25, -0.2) is 4.79 Å². The van der Waals surface area contributed by atoms with Crippen molar-refractivity contribution in [2.75, 3.05) is 13.2 Å². The SMILES string of the molecule is Cc1csc(-c2cc3c(c(C(=O)O)c2)OCCO3)c1. The molecule has 0 unspecified atom stereocenters. The molecule has 1 N–H and O–H groups in total. The van der Waals surface area contributed by atoms with Gasteiger partial charge < -0.3 is 14.6 Å². The van der Waals surface area contributed by atoms with Gasteiger partial charge in [0.2, 0.25) is 0 Å². The average molecular weight is 276 g/mol. The van der Waals surface area contributed by atoms with Crippen molar-refractivity contribution in [1.29, 1.82) is 0 Å². The Morgan fingerprint density at radius 3 is 2.74 bits per heavy atom. The predicted octanol–water partition coefficient (Wildman–Crippen LogP) is 3.19. The zero-order valence-corrected chi connectivity index (χ0v) is 11.1. The molecule has 0 atom stereocenters. The number of hydrogen-bond donors (Lipinski definition) is 1. The molecule has 5 heteroatoms. The van der Waals surface area contributed by atoms with Gasteiger partial charge in [-0.05, 0) is 41.6 Å². The molecule has 4 nitrogen and oxygen atoms in total. The summed E-state index contributed by atoms with van der Waals surface area (Å²) < 4.78 is 10.9. The topological polar surface area (TPSA) is 55.8 Å². The van der Waals surface area contributed by atoms with Gasteiger partial charge >= 0.3 is 5.97 Å². The van der Waals surface area contributed by atoms with E-state index in [1.54, 1.807) is 17.4 Å². The Balaban J connectivity index is 2.16. The number of aromatic carboxylic acids is 1. The maximum Gasteiger partial charge on any atom is 0.339 e. The third kappa shape index (κ3) is 2.17. The Kier molecular flexibility index (Phi) is 2.91. The number of hydrogen-bond acceptors (Lipinski definition) is 4. The van der Waals surface area contributed by atoms with Gasteiger partial charge in [0.25, 0.3) is 0 Å². The number of rotatable bonds is 2. The molecule has 0 amide bonds. The van der Waals surface area contributed by atoms with Crippen LogP contribution in [0.2, 0.25) is 0 Å². The Hall–Kier alpha value is -2.01. The van der Waals surface area contributed by atoms with E-state index in [2.05, 4.69) is 0 Å². The number of carboxylic acid groups (broad SMARTS) is 1. The normalized spacial score (nSPS) is 13.3. The number of fused-ring (bicyclic) bond motifs is 1. The molecular formula is C14H12O4S. The molecule has 2 aromatic rings. The number of carbonyl (C=O) groups is 1. The molecular weight excluding hydrogens is 264 g/mol. The molecule has 0 bridgehead atoms. The van der Waals surface area contributed by atoms with Gasteiger partial charge in [-0.15, -0.1) is 11.3 Å². The second-order valence-corrected chi connectivity index (χ2v) is 5.25. The molecule has 0 radical (unpaired) electrons. The lowest BCUT2D eigenvalue weighted by Gasteiger charge is -2.20. The summed E-state index contributed by atoms with van der Waals surface area (Å²) in [6.45, 7) is 2.83. The lowest BCUT2D eigenvalue weighted by Crippen LogP contribution is -2.18. The fraction of sp³-hybridized carbons (Fsp3) is 0.214. The molecule has 1 aromatic heterocycles. The predicted molar refractivity (Wildman–Crippen MR) is 72.4 cm³/mol. The molecule has 19 heavy (non-hydrogen) atoms. The summed E-state index contributed by atoms with van der Waals surface area (Å²) in [4.78, 5) is 12.4. The van der Waals surface area contributed by atoms with E-state index in [1.807, 2.05) is 24.4 Å². The molecule has 3 rings (SSSR count). The summed E-state index contributed by atoms with van der Waals surface area (Å²) in [5.41, 5.74) is 2.16. The second kappa shape index (κ2) is 4.59. The van der Waals surface area contributed by atoms with Crippen molar-refractivity contribution in [3.05, 3.63) is 34.7 Å². The van der Waals surface area contributed by atoms with Crippen LogP contribution in [0.4, 0.5) is 0 Å². The second-order valence-electron chi connectivity index (χ2n) is 4.34. The fourth-order valence-electron chi connectivity index (χ4n) is 2.04. The van der Waals surface area contributed by atoms with E-state index in [0.29, 0.717) is 24.7 Å². The van der Waals surface area contributed by atoms with Crippen molar-refractivity contribution in [2.45, 2.75) is 6.92 Å². The van der Waals surface area contributed by atoms with Crippen molar-refractivity contribution in [1.82, 2.24) is 0 Å². The van der Waals surface area contributed by atoms with Crippen molar-refractivity contribution < 1.29 is 19.4 Å². The van der Waals surface area contributed by atoms with Crippen molar-refractivity contribution in [2.24, 2.45) is 0 Å². The quantitative estimate of drug-likeness (QED) is 0.915. The molecule has 2 heterocycles. The smallest absolute Gasteiger partial charge is 0.339 e. The molecule has 0 saturated carbocycles. The molecule has 1 aliphatic heterocycles.